The summed E-state index contributed by atoms with van der Waals surface area (Å²) in [5.74, 6) is 0. The summed E-state index contributed by atoms with van der Waals surface area (Å²) in [4.78, 5) is 15.2. The minimum absolute atomic E-state index is 0.222. The smallest absolute Gasteiger partial charge is 0.336 e. The van der Waals surface area contributed by atoms with Gasteiger partial charge in [0.05, 0.1) is 7.11 Å². The van der Waals surface area contributed by atoms with E-state index in [1.54, 1.807) is 7.05 Å². The maximum Gasteiger partial charge on any atom is 0.341 e. The molecule has 54 valence electrons. The van der Waals surface area contributed by atoms with Crippen molar-refractivity contribution in [3.05, 3.63) is 0 Å². The molecule has 0 aromatic carbocycles. The van der Waals surface area contributed by atoms with Crippen molar-refractivity contribution in [2.45, 2.75) is 6.92 Å². The largest absolute Gasteiger partial charge is 0.341 e. The van der Waals surface area contributed by atoms with Crippen LogP contribution in [0.2, 0.25) is 0 Å². The number of carbonyl (C=O) groups excluding carboxylic acids is 1. The lowest BCUT2D eigenvalue weighted by Gasteiger charge is -2.12. The second kappa shape index (κ2) is 4.14. The third-order valence-corrected chi connectivity index (χ3v) is 0.888. The summed E-state index contributed by atoms with van der Waals surface area (Å²) >= 11 is 0. The van der Waals surface area contributed by atoms with E-state index in [1.807, 2.05) is 6.92 Å². The highest BCUT2D eigenvalue weighted by Crippen LogP contribution is 1.80. The number of rotatable bonds is 2. The van der Waals surface area contributed by atoms with Crippen molar-refractivity contribution in [2.75, 3.05) is 20.7 Å². The highest BCUT2D eigenvalue weighted by molar-refractivity contribution is 5.72. The van der Waals surface area contributed by atoms with E-state index in [2.05, 4.69) is 10.2 Å². The van der Waals surface area contributed by atoms with Crippen LogP contribution in [0.25, 0.3) is 0 Å². The molecule has 0 saturated heterocycles. The molecular formula is C5H12N2O2. The Morgan fingerprint density at radius 2 is 2.33 bits per heavy atom. The molecule has 0 atom stereocenters. The van der Waals surface area contributed by atoms with E-state index in [0.29, 0.717) is 6.54 Å². The molecule has 9 heavy (non-hydrogen) atoms. The van der Waals surface area contributed by atoms with Gasteiger partial charge in [-0.25, -0.2) is 9.86 Å². The van der Waals surface area contributed by atoms with Crippen LogP contribution in [-0.4, -0.2) is 31.8 Å². The Bertz CT molecular complexity index is 95.0. The zero-order chi connectivity index (χ0) is 7.28. The van der Waals surface area contributed by atoms with Gasteiger partial charge in [0.2, 0.25) is 0 Å². The lowest BCUT2D eigenvalue weighted by molar-refractivity contribution is -0.0645. The van der Waals surface area contributed by atoms with E-state index in [9.17, 15) is 4.79 Å². The molecular weight excluding hydrogens is 120 g/mol. The number of hydroxylamine groups is 2. The highest BCUT2D eigenvalue weighted by atomic mass is 16.7. The van der Waals surface area contributed by atoms with E-state index >= 15 is 0 Å². The van der Waals surface area contributed by atoms with E-state index in [-0.39, 0.29) is 6.03 Å². The fourth-order valence-corrected chi connectivity index (χ4v) is 0.345. The molecule has 0 aliphatic carbocycles. The van der Waals surface area contributed by atoms with Gasteiger partial charge in [-0.05, 0) is 6.92 Å². The van der Waals surface area contributed by atoms with Gasteiger partial charge in [-0.15, -0.1) is 0 Å². The summed E-state index contributed by atoms with van der Waals surface area (Å²) in [6.45, 7) is 2.47. The predicted octanol–water partition coefficient (Wildman–Crippen LogP) is 0.209. The average Bonchev–Trinajstić information content (AvgIpc) is 1.87. The van der Waals surface area contributed by atoms with Crippen LogP contribution >= 0.6 is 0 Å². The van der Waals surface area contributed by atoms with Crippen molar-refractivity contribution in [3.8, 4) is 0 Å². The van der Waals surface area contributed by atoms with E-state index in [1.165, 1.54) is 7.11 Å². The van der Waals surface area contributed by atoms with E-state index in [4.69, 9.17) is 0 Å². The van der Waals surface area contributed by atoms with Crippen LogP contribution in [0.15, 0.2) is 0 Å². The summed E-state index contributed by atoms with van der Waals surface area (Å²) < 4.78 is 0. The van der Waals surface area contributed by atoms with Crippen LogP contribution in [0.4, 0.5) is 4.79 Å². The Morgan fingerprint density at radius 1 is 1.78 bits per heavy atom. The normalized spacial score (nSPS) is 8.78. The van der Waals surface area contributed by atoms with Gasteiger partial charge in [0.25, 0.3) is 0 Å². The molecule has 4 nitrogen and oxygen atoms in total. The van der Waals surface area contributed by atoms with Gasteiger partial charge < -0.3 is 5.32 Å². The lowest BCUT2D eigenvalue weighted by atomic mass is 10.7. The van der Waals surface area contributed by atoms with Gasteiger partial charge in [-0.1, -0.05) is 0 Å². The summed E-state index contributed by atoms with van der Waals surface area (Å²) in [5.41, 5.74) is 0. The molecule has 0 radical (unpaired) electrons. The molecule has 1 N–H and O–H groups in total. The molecule has 0 aromatic rings. The summed E-state index contributed by atoms with van der Waals surface area (Å²) in [7, 11) is 2.99. The van der Waals surface area contributed by atoms with Crippen molar-refractivity contribution in [2.24, 2.45) is 0 Å². The number of hydrogen-bond acceptors (Lipinski definition) is 2. The summed E-state index contributed by atoms with van der Waals surface area (Å²) in [5, 5.41) is 3.69. The minimum Gasteiger partial charge on any atom is -0.336 e. The topological polar surface area (TPSA) is 41.6 Å². The van der Waals surface area contributed by atoms with Crippen LogP contribution in [-0.2, 0) is 4.84 Å². The Labute approximate surface area is 54.7 Å². The van der Waals surface area contributed by atoms with Crippen molar-refractivity contribution in [3.63, 3.8) is 0 Å². The third kappa shape index (κ3) is 2.92. The molecule has 0 saturated carbocycles. The average molecular weight is 132 g/mol. The molecule has 0 aromatic heterocycles. The zero-order valence-corrected chi connectivity index (χ0v) is 5.97. The molecule has 0 aliphatic heterocycles. The number of urea groups is 1. The van der Waals surface area contributed by atoms with Gasteiger partial charge in [-0.2, -0.15) is 0 Å². The van der Waals surface area contributed by atoms with Crippen LogP contribution < -0.4 is 5.32 Å². The second-order valence-electron chi connectivity index (χ2n) is 1.52. The second-order valence-corrected chi connectivity index (χ2v) is 1.52. The molecule has 0 spiro atoms. The monoisotopic (exact) mass is 132 g/mol. The fraction of sp³-hybridized carbons (Fsp3) is 0.800. The summed E-state index contributed by atoms with van der Waals surface area (Å²) in [6, 6.07) is -0.222. The number of nitrogens with zero attached hydrogens (tertiary/aromatic N) is 1. The maximum absolute atomic E-state index is 10.7. The van der Waals surface area contributed by atoms with E-state index in [0.717, 1.165) is 5.06 Å². The zero-order valence-electron chi connectivity index (χ0n) is 5.97. The molecule has 2 amide bonds. The maximum atomic E-state index is 10.7. The quantitative estimate of drug-likeness (QED) is 0.546. The van der Waals surface area contributed by atoms with Crippen molar-refractivity contribution >= 4 is 6.03 Å². The Morgan fingerprint density at radius 3 is 2.67 bits per heavy atom. The number of carbonyl (C=O) groups is 1. The van der Waals surface area contributed by atoms with Crippen LogP contribution in [0.3, 0.4) is 0 Å². The molecule has 0 aliphatic rings. The molecule has 0 unspecified atom stereocenters. The lowest BCUT2D eigenvalue weighted by Crippen LogP contribution is -2.36. The molecule has 4 heteroatoms. The van der Waals surface area contributed by atoms with Gasteiger partial charge in [0.15, 0.2) is 0 Å². The highest BCUT2D eigenvalue weighted by Gasteiger charge is 2.02. The Hall–Kier alpha value is -0.770. The van der Waals surface area contributed by atoms with Gasteiger partial charge in [0, 0.05) is 13.6 Å². The van der Waals surface area contributed by atoms with Gasteiger partial charge in [0.1, 0.15) is 0 Å². The van der Waals surface area contributed by atoms with Crippen LogP contribution in [0, 0.1) is 0 Å². The molecule has 0 fully saturated rings. The first-order valence-corrected chi connectivity index (χ1v) is 2.78. The molecule has 0 heterocycles. The summed E-state index contributed by atoms with van der Waals surface area (Å²) in [6.07, 6.45) is 0. The number of hydrogen-bond donors (Lipinski definition) is 1. The Kier molecular flexibility index (Phi) is 3.79. The van der Waals surface area contributed by atoms with Crippen molar-refractivity contribution < 1.29 is 9.63 Å². The fourth-order valence-electron chi connectivity index (χ4n) is 0.345. The SMILES string of the molecule is CCNC(=O)N(C)OC. The molecule has 0 bridgehead atoms. The molecule has 0 rings (SSSR count). The van der Waals surface area contributed by atoms with E-state index < -0.39 is 0 Å². The van der Waals surface area contributed by atoms with Gasteiger partial charge in [-0.3, -0.25) is 4.84 Å². The minimum atomic E-state index is -0.222. The number of nitrogens with one attached hydrogen (secondary N) is 1. The first kappa shape index (κ1) is 8.23. The predicted molar refractivity (Wildman–Crippen MR) is 33.8 cm³/mol. The first-order valence-electron chi connectivity index (χ1n) is 2.78. The van der Waals surface area contributed by atoms with Crippen LogP contribution in [0.5, 0.6) is 0 Å². The standard InChI is InChI=1S/C5H12N2O2/c1-4-6-5(8)7(2)9-3/h4H2,1-3H3,(H,6,8). The van der Waals surface area contributed by atoms with Crippen molar-refractivity contribution in [1.29, 1.82) is 0 Å². The van der Waals surface area contributed by atoms with Crippen LogP contribution in [0.1, 0.15) is 6.92 Å². The first-order chi connectivity index (χ1) is 4.22. The van der Waals surface area contributed by atoms with Gasteiger partial charge >= 0.3 is 6.03 Å². The third-order valence-electron chi connectivity index (χ3n) is 0.888. The Balaban J connectivity index is 3.46. The number of amides is 2. The van der Waals surface area contributed by atoms with Crippen molar-refractivity contribution in [1.82, 2.24) is 10.4 Å².